The molecule has 50 heavy (non-hydrogen) atoms. The van der Waals surface area contributed by atoms with Crippen LogP contribution in [0.3, 0.4) is 0 Å². The predicted octanol–water partition coefficient (Wildman–Crippen LogP) is 9.27. The van der Waals surface area contributed by atoms with Crippen LogP contribution in [0.4, 0.5) is 0 Å². The van der Waals surface area contributed by atoms with E-state index in [9.17, 15) is 18.3 Å². The van der Waals surface area contributed by atoms with Crippen LogP contribution in [0.1, 0.15) is 62.3 Å². The van der Waals surface area contributed by atoms with Crippen molar-refractivity contribution in [2.75, 3.05) is 13.7 Å². The monoisotopic (exact) mass is 717 g/mol. The number of rotatable bonds is 14. The zero-order chi connectivity index (χ0) is 36.0. The number of ether oxygens (including phenoxy) is 3. The van der Waals surface area contributed by atoms with Crippen molar-refractivity contribution >= 4 is 27.6 Å². The van der Waals surface area contributed by atoms with Crippen molar-refractivity contribution in [3.05, 3.63) is 131 Å². The van der Waals surface area contributed by atoms with Gasteiger partial charge in [-0.3, -0.25) is 0 Å². The van der Waals surface area contributed by atoms with Gasteiger partial charge in [-0.2, -0.15) is 4.31 Å². The maximum Gasteiger partial charge on any atom is 0.341 e. The van der Waals surface area contributed by atoms with Gasteiger partial charge in [0.2, 0.25) is 10.0 Å². The van der Waals surface area contributed by atoms with Crippen LogP contribution in [-0.4, -0.2) is 43.6 Å². The van der Waals surface area contributed by atoms with Crippen molar-refractivity contribution in [3.63, 3.8) is 0 Å². The summed E-state index contributed by atoms with van der Waals surface area (Å²) >= 11 is 6.00. The summed E-state index contributed by atoms with van der Waals surface area (Å²) in [4.78, 5) is 11.7. The second-order valence-electron chi connectivity index (χ2n) is 13.3. The topological polar surface area (TPSA) is 102 Å². The molecule has 1 aliphatic rings. The third-order valence-electron chi connectivity index (χ3n) is 8.93. The van der Waals surface area contributed by atoms with Crippen LogP contribution in [-0.2, 0) is 26.1 Å². The molecule has 1 N–H and O–H groups in total. The van der Waals surface area contributed by atoms with Gasteiger partial charge in [-0.1, -0.05) is 80.1 Å². The minimum atomic E-state index is -3.75. The molecule has 0 amide bonds. The van der Waals surface area contributed by atoms with Crippen molar-refractivity contribution in [2.24, 2.45) is 11.8 Å². The van der Waals surface area contributed by atoms with Gasteiger partial charge in [0.05, 0.1) is 17.1 Å². The second kappa shape index (κ2) is 16.2. The van der Waals surface area contributed by atoms with Crippen LogP contribution in [0.5, 0.6) is 17.2 Å². The minimum Gasteiger partial charge on any atom is -0.482 e. The van der Waals surface area contributed by atoms with Gasteiger partial charge in [-0.05, 0) is 91.4 Å². The number of nitrogens with zero attached hydrogens (tertiary/aromatic N) is 1. The third kappa shape index (κ3) is 9.14. The quantitative estimate of drug-likeness (QED) is 0.130. The average Bonchev–Trinajstić information content (AvgIpc) is 3.08. The maximum absolute atomic E-state index is 13.5. The molecule has 264 valence electrons. The Morgan fingerprint density at radius 3 is 2.30 bits per heavy atom. The van der Waals surface area contributed by atoms with E-state index in [2.05, 4.69) is 20.4 Å². The van der Waals surface area contributed by atoms with Gasteiger partial charge in [0, 0.05) is 36.0 Å². The zero-order valence-electron chi connectivity index (χ0n) is 28.8. The molecule has 0 unspecified atom stereocenters. The van der Waals surface area contributed by atoms with E-state index >= 15 is 0 Å². The van der Waals surface area contributed by atoms with E-state index in [1.54, 1.807) is 43.4 Å². The standard InChI is InChI=1S/C40H44ClNO7S/c1-26(2)21-38-35(29-13-18-33(19-14-29)50(45,46)42(5)24-28-11-15-30(41)16-12-28)23-34(27(3)4)40(49-38)36-22-32(48-31-9-7-6-8-10-31)17-20-37(36)47-25-39(43)44/h6-20,22,26,34-35,38,40H,3,21,23-25H2,1-2,4-5H3,(H,43,44)/t34-,35-,38+,40+/m0/s1. The van der Waals surface area contributed by atoms with Gasteiger partial charge in [0.25, 0.3) is 0 Å². The zero-order valence-corrected chi connectivity index (χ0v) is 30.4. The number of hydrogen-bond acceptors (Lipinski definition) is 6. The van der Waals surface area contributed by atoms with E-state index in [1.165, 1.54) is 4.31 Å². The Hall–Kier alpha value is -4.15. The molecule has 8 nitrogen and oxygen atoms in total. The number of carbonyl (C=O) groups is 1. The smallest absolute Gasteiger partial charge is 0.341 e. The first-order chi connectivity index (χ1) is 23.8. The molecule has 0 bridgehead atoms. The van der Waals surface area contributed by atoms with Gasteiger partial charge < -0.3 is 19.3 Å². The Balaban J connectivity index is 1.45. The molecular weight excluding hydrogens is 674 g/mol. The van der Waals surface area contributed by atoms with Crippen LogP contribution in [0.15, 0.2) is 114 Å². The molecule has 1 aliphatic heterocycles. The molecule has 0 spiro atoms. The first-order valence-electron chi connectivity index (χ1n) is 16.6. The number of hydrogen-bond donors (Lipinski definition) is 1. The second-order valence-corrected chi connectivity index (χ2v) is 15.8. The molecule has 1 fully saturated rings. The molecule has 0 aliphatic carbocycles. The van der Waals surface area contributed by atoms with Crippen LogP contribution in [0.25, 0.3) is 0 Å². The number of sulfonamides is 1. The molecule has 4 atom stereocenters. The highest BCUT2D eigenvalue weighted by molar-refractivity contribution is 7.89. The van der Waals surface area contributed by atoms with Crippen LogP contribution < -0.4 is 9.47 Å². The molecule has 10 heteroatoms. The van der Waals surface area contributed by atoms with Crippen LogP contribution in [0.2, 0.25) is 5.02 Å². The lowest BCUT2D eigenvalue weighted by atomic mass is 9.74. The fraction of sp³-hybridized carbons (Fsp3) is 0.325. The summed E-state index contributed by atoms with van der Waals surface area (Å²) < 4.78 is 47.3. The van der Waals surface area contributed by atoms with Gasteiger partial charge in [-0.15, -0.1) is 0 Å². The van der Waals surface area contributed by atoms with Crippen molar-refractivity contribution in [1.82, 2.24) is 4.31 Å². The Morgan fingerprint density at radius 2 is 1.68 bits per heavy atom. The first kappa shape index (κ1) is 37.1. The van der Waals surface area contributed by atoms with Crippen molar-refractivity contribution in [3.8, 4) is 17.2 Å². The van der Waals surface area contributed by atoms with Gasteiger partial charge >= 0.3 is 5.97 Å². The predicted molar refractivity (Wildman–Crippen MR) is 195 cm³/mol. The molecule has 4 aromatic carbocycles. The largest absolute Gasteiger partial charge is 0.482 e. The van der Waals surface area contributed by atoms with Crippen molar-refractivity contribution in [2.45, 2.75) is 63.2 Å². The summed E-state index contributed by atoms with van der Waals surface area (Å²) in [6.07, 6.45) is 0.718. The number of aliphatic carboxylic acids is 1. The number of benzene rings is 4. The Labute approximate surface area is 300 Å². The van der Waals surface area contributed by atoms with Crippen molar-refractivity contribution < 1.29 is 32.5 Å². The fourth-order valence-corrected chi connectivity index (χ4v) is 7.70. The molecular formula is C40H44ClNO7S. The normalized spacial score (nSPS) is 19.3. The molecule has 0 radical (unpaired) electrons. The molecule has 1 saturated heterocycles. The van der Waals surface area contributed by atoms with Gasteiger partial charge in [0.15, 0.2) is 6.61 Å². The lowest BCUT2D eigenvalue weighted by Crippen LogP contribution is -2.37. The summed E-state index contributed by atoms with van der Waals surface area (Å²) in [6.45, 7) is 10.3. The Morgan fingerprint density at radius 1 is 1.00 bits per heavy atom. The van der Waals surface area contributed by atoms with Crippen LogP contribution in [0, 0.1) is 11.8 Å². The summed E-state index contributed by atoms with van der Waals surface area (Å²) in [7, 11) is -2.19. The molecule has 0 saturated carbocycles. The number of carboxylic acid groups (broad SMARTS) is 1. The Kier molecular flexibility index (Phi) is 12.1. The highest BCUT2D eigenvalue weighted by Crippen LogP contribution is 2.50. The van der Waals surface area contributed by atoms with E-state index in [4.69, 9.17) is 25.8 Å². The van der Waals surface area contributed by atoms with Gasteiger partial charge in [-0.25, -0.2) is 13.2 Å². The summed E-state index contributed by atoms with van der Waals surface area (Å²) in [5.74, 6) is 0.657. The minimum absolute atomic E-state index is 0.0500. The van der Waals surface area contributed by atoms with E-state index in [0.29, 0.717) is 40.2 Å². The number of halogens is 1. The van der Waals surface area contributed by atoms with E-state index in [0.717, 1.165) is 23.1 Å². The fourth-order valence-electron chi connectivity index (χ4n) is 6.42. The molecule has 4 aromatic rings. The maximum atomic E-state index is 13.5. The summed E-state index contributed by atoms with van der Waals surface area (Å²) in [5.41, 5.74) is 3.40. The average molecular weight is 718 g/mol. The third-order valence-corrected chi connectivity index (χ3v) is 11.0. The highest BCUT2D eigenvalue weighted by atomic mass is 35.5. The van der Waals surface area contributed by atoms with E-state index in [1.807, 2.05) is 67.6 Å². The summed E-state index contributed by atoms with van der Waals surface area (Å²) in [5, 5.41) is 10.00. The number of carboxylic acids is 1. The molecule has 0 aromatic heterocycles. The first-order valence-corrected chi connectivity index (χ1v) is 18.5. The van der Waals surface area contributed by atoms with Crippen LogP contribution >= 0.6 is 11.6 Å². The van der Waals surface area contributed by atoms with E-state index < -0.39 is 28.7 Å². The lowest BCUT2D eigenvalue weighted by molar-refractivity contribution is -0.139. The van der Waals surface area contributed by atoms with E-state index in [-0.39, 0.29) is 29.4 Å². The Bertz CT molecular complexity index is 1880. The van der Waals surface area contributed by atoms with Crippen molar-refractivity contribution in [1.29, 1.82) is 0 Å². The molecule has 1 heterocycles. The highest BCUT2D eigenvalue weighted by Gasteiger charge is 2.41. The summed E-state index contributed by atoms with van der Waals surface area (Å²) in [6, 6.07) is 29.0. The van der Waals surface area contributed by atoms with Gasteiger partial charge in [0.1, 0.15) is 17.2 Å². The SMILES string of the molecule is C=C(C)[C@@H]1C[C@@H](c2ccc(S(=O)(=O)N(C)Cc3ccc(Cl)cc3)cc2)[C@@H](CC(C)C)O[C@H]1c1cc(Oc2ccccc2)ccc1OCC(=O)O. The molecule has 5 rings (SSSR count). The lowest BCUT2D eigenvalue weighted by Gasteiger charge is -2.43. The number of para-hydroxylation sites is 1.